The van der Waals surface area contributed by atoms with Crippen LogP contribution >= 0.6 is 0 Å². The van der Waals surface area contributed by atoms with Crippen molar-refractivity contribution in [1.29, 1.82) is 0 Å². The molecule has 0 aliphatic heterocycles. The molecule has 2 atom stereocenters. The summed E-state index contributed by atoms with van der Waals surface area (Å²) < 4.78 is 4.96. The molecule has 1 rings (SSSR count). The van der Waals surface area contributed by atoms with Crippen LogP contribution in [0.15, 0.2) is 0 Å². The Kier molecular flexibility index (Phi) is 6.27. The average Bonchev–Trinajstić information content (AvgIpc) is 3.19. The minimum Gasteiger partial charge on any atom is -0.468 e. The fourth-order valence-corrected chi connectivity index (χ4v) is 2.98. The Balaban J connectivity index is 2.68. The molecule has 1 N–H and O–H groups in total. The lowest BCUT2D eigenvalue weighted by atomic mass is 9.92. The van der Waals surface area contributed by atoms with Crippen molar-refractivity contribution < 1.29 is 9.53 Å². The van der Waals surface area contributed by atoms with Crippen LogP contribution in [0.3, 0.4) is 0 Å². The van der Waals surface area contributed by atoms with E-state index >= 15 is 0 Å². The highest BCUT2D eigenvalue weighted by molar-refractivity contribution is 5.80. The van der Waals surface area contributed by atoms with Gasteiger partial charge in [-0.05, 0) is 52.6 Å². The first-order valence-electron chi connectivity index (χ1n) is 7.57. The van der Waals surface area contributed by atoms with Gasteiger partial charge in [-0.2, -0.15) is 0 Å². The summed E-state index contributed by atoms with van der Waals surface area (Å²) >= 11 is 0. The summed E-state index contributed by atoms with van der Waals surface area (Å²) in [5, 5.41) is 3.30. The van der Waals surface area contributed by atoms with Gasteiger partial charge in [0.05, 0.1) is 7.11 Å². The lowest BCUT2D eigenvalue weighted by Gasteiger charge is -2.36. The SMILES string of the molecule is CCCN(C(C)CC(C)(NCC)C(=O)OC)C1CC1. The predicted molar refractivity (Wildman–Crippen MR) is 78.2 cm³/mol. The van der Waals surface area contributed by atoms with Crippen LogP contribution in [-0.2, 0) is 9.53 Å². The Morgan fingerprint density at radius 1 is 1.47 bits per heavy atom. The summed E-state index contributed by atoms with van der Waals surface area (Å²) in [6, 6.07) is 1.13. The van der Waals surface area contributed by atoms with E-state index in [-0.39, 0.29) is 5.97 Å². The van der Waals surface area contributed by atoms with Crippen molar-refractivity contribution in [3.63, 3.8) is 0 Å². The number of hydrogen-bond acceptors (Lipinski definition) is 4. The number of nitrogens with zero attached hydrogens (tertiary/aromatic N) is 1. The first-order valence-corrected chi connectivity index (χ1v) is 7.57. The Morgan fingerprint density at radius 2 is 2.11 bits per heavy atom. The van der Waals surface area contributed by atoms with E-state index in [1.54, 1.807) is 0 Å². The number of carbonyl (C=O) groups excluding carboxylic acids is 1. The quantitative estimate of drug-likeness (QED) is 0.652. The molecule has 0 aromatic heterocycles. The van der Waals surface area contributed by atoms with Crippen LogP contribution in [0.1, 0.15) is 53.4 Å². The van der Waals surface area contributed by atoms with Gasteiger partial charge in [0.1, 0.15) is 5.54 Å². The number of hydrogen-bond donors (Lipinski definition) is 1. The van der Waals surface area contributed by atoms with Gasteiger partial charge in [-0.3, -0.25) is 9.69 Å². The zero-order valence-electron chi connectivity index (χ0n) is 13.2. The molecule has 4 nitrogen and oxygen atoms in total. The van der Waals surface area contributed by atoms with E-state index in [0.29, 0.717) is 6.04 Å². The molecule has 0 bridgehead atoms. The van der Waals surface area contributed by atoms with Gasteiger partial charge in [-0.1, -0.05) is 13.8 Å². The first-order chi connectivity index (χ1) is 8.98. The van der Waals surface area contributed by atoms with Crippen molar-refractivity contribution in [2.24, 2.45) is 0 Å². The Labute approximate surface area is 117 Å². The van der Waals surface area contributed by atoms with Gasteiger partial charge in [0, 0.05) is 12.1 Å². The van der Waals surface area contributed by atoms with Gasteiger partial charge in [0.25, 0.3) is 0 Å². The largest absolute Gasteiger partial charge is 0.468 e. The molecule has 1 aliphatic rings. The molecule has 2 unspecified atom stereocenters. The van der Waals surface area contributed by atoms with Gasteiger partial charge in [-0.15, -0.1) is 0 Å². The maximum absolute atomic E-state index is 12.0. The van der Waals surface area contributed by atoms with Gasteiger partial charge in [0.15, 0.2) is 0 Å². The van der Waals surface area contributed by atoms with Gasteiger partial charge < -0.3 is 10.1 Å². The third kappa shape index (κ3) is 4.46. The van der Waals surface area contributed by atoms with Crippen molar-refractivity contribution in [1.82, 2.24) is 10.2 Å². The Bertz CT molecular complexity index is 292. The molecule has 0 radical (unpaired) electrons. The van der Waals surface area contributed by atoms with Crippen LogP contribution < -0.4 is 5.32 Å². The second kappa shape index (κ2) is 7.25. The Morgan fingerprint density at radius 3 is 2.53 bits per heavy atom. The fraction of sp³-hybridized carbons (Fsp3) is 0.933. The lowest BCUT2D eigenvalue weighted by Crippen LogP contribution is -2.54. The molecular formula is C15H30N2O2. The first kappa shape index (κ1) is 16.4. The number of esters is 1. The number of ether oxygens (including phenoxy) is 1. The summed E-state index contributed by atoms with van der Waals surface area (Å²) in [6.45, 7) is 10.3. The number of methoxy groups -OCH3 is 1. The molecule has 0 spiro atoms. The second-order valence-corrected chi connectivity index (χ2v) is 5.88. The summed E-state index contributed by atoms with van der Waals surface area (Å²) in [6.07, 6.45) is 4.57. The molecule has 112 valence electrons. The van der Waals surface area contributed by atoms with E-state index in [4.69, 9.17) is 4.74 Å². The molecule has 0 heterocycles. The maximum atomic E-state index is 12.0. The second-order valence-electron chi connectivity index (χ2n) is 5.88. The third-order valence-electron chi connectivity index (χ3n) is 3.97. The van der Waals surface area contributed by atoms with Gasteiger partial charge in [0.2, 0.25) is 0 Å². The smallest absolute Gasteiger partial charge is 0.325 e. The van der Waals surface area contributed by atoms with Crippen LogP contribution in [0.4, 0.5) is 0 Å². The monoisotopic (exact) mass is 270 g/mol. The van der Waals surface area contributed by atoms with Crippen LogP contribution in [0.2, 0.25) is 0 Å². The zero-order valence-corrected chi connectivity index (χ0v) is 13.2. The highest BCUT2D eigenvalue weighted by atomic mass is 16.5. The van der Waals surface area contributed by atoms with Gasteiger partial charge >= 0.3 is 5.97 Å². The minimum atomic E-state index is -0.580. The van der Waals surface area contributed by atoms with Crippen molar-refractivity contribution in [2.45, 2.75) is 71.0 Å². The van der Waals surface area contributed by atoms with Crippen molar-refractivity contribution >= 4 is 5.97 Å². The topological polar surface area (TPSA) is 41.6 Å². The lowest BCUT2D eigenvalue weighted by molar-refractivity contribution is -0.148. The van der Waals surface area contributed by atoms with Crippen LogP contribution in [0.25, 0.3) is 0 Å². The van der Waals surface area contributed by atoms with E-state index in [0.717, 1.165) is 32.0 Å². The molecule has 4 heteroatoms. The Hall–Kier alpha value is -0.610. The third-order valence-corrected chi connectivity index (χ3v) is 3.97. The van der Waals surface area contributed by atoms with E-state index in [1.165, 1.54) is 20.0 Å². The van der Waals surface area contributed by atoms with E-state index in [2.05, 4.69) is 24.1 Å². The summed E-state index contributed by atoms with van der Waals surface area (Å²) in [4.78, 5) is 14.6. The summed E-state index contributed by atoms with van der Waals surface area (Å²) in [5.41, 5.74) is -0.580. The predicted octanol–water partition coefficient (Wildman–Crippen LogP) is 2.18. The molecule has 19 heavy (non-hydrogen) atoms. The molecule has 0 saturated heterocycles. The zero-order chi connectivity index (χ0) is 14.5. The molecule has 1 fully saturated rings. The molecule has 0 amide bonds. The van der Waals surface area contributed by atoms with E-state index < -0.39 is 5.54 Å². The number of rotatable bonds is 9. The van der Waals surface area contributed by atoms with E-state index in [9.17, 15) is 4.79 Å². The fourth-order valence-electron chi connectivity index (χ4n) is 2.98. The van der Waals surface area contributed by atoms with Crippen molar-refractivity contribution in [2.75, 3.05) is 20.2 Å². The average molecular weight is 270 g/mol. The van der Waals surface area contributed by atoms with Crippen LogP contribution in [0.5, 0.6) is 0 Å². The highest BCUT2D eigenvalue weighted by Crippen LogP contribution is 2.31. The normalized spacial score (nSPS) is 20.1. The van der Waals surface area contributed by atoms with Crippen molar-refractivity contribution in [3.8, 4) is 0 Å². The molecule has 1 aliphatic carbocycles. The van der Waals surface area contributed by atoms with Crippen molar-refractivity contribution in [3.05, 3.63) is 0 Å². The van der Waals surface area contributed by atoms with Crippen LogP contribution in [0, 0.1) is 0 Å². The molecule has 0 aromatic rings. The van der Waals surface area contributed by atoms with Crippen LogP contribution in [-0.4, -0.2) is 48.7 Å². The summed E-state index contributed by atoms with van der Waals surface area (Å²) in [5.74, 6) is -0.159. The number of nitrogens with one attached hydrogen (secondary N) is 1. The molecular weight excluding hydrogens is 240 g/mol. The van der Waals surface area contributed by atoms with Gasteiger partial charge in [-0.25, -0.2) is 0 Å². The molecule has 0 aromatic carbocycles. The number of carbonyl (C=O) groups is 1. The number of likely N-dealkylation sites (N-methyl/N-ethyl adjacent to an activating group) is 1. The maximum Gasteiger partial charge on any atom is 0.325 e. The minimum absolute atomic E-state index is 0.159. The standard InChI is InChI=1S/C15H30N2O2/c1-6-10-17(13-8-9-13)12(3)11-15(4,16-7-2)14(18)19-5/h12-13,16H,6-11H2,1-5H3. The highest BCUT2D eigenvalue weighted by Gasteiger charge is 2.39. The molecule has 1 saturated carbocycles. The summed E-state index contributed by atoms with van der Waals surface area (Å²) in [7, 11) is 1.47. The van der Waals surface area contributed by atoms with E-state index in [1.807, 2.05) is 13.8 Å².